The van der Waals surface area contributed by atoms with Gasteiger partial charge in [-0.15, -0.1) is 0 Å². The van der Waals surface area contributed by atoms with Crippen molar-refractivity contribution in [2.24, 2.45) is 0 Å². The Labute approximate surface area is 406 Å². The van der Waals surface area contributed by atoms with Crippen molar-refractivity contribution < 1.29 is 0 Å². The molecular weight excluding hydrogens is 852 g/mol. The quantitative estimate of drug-likeness (QED) is 0.140. The number of benzene rings is 9. The first-order chi connectivity index (χ1) is 32.7. The zero-order valence-electron chi connectivity index (χ0n) is 40.9. The summed E-state index contributed by atoms with van der Waals surface area (Å²) in [7, 11) is -3.57. The predicted molar refractivity (Wildman–Crippen MR) is 302 cm³/mol. The van der Waals surface area contributed by atoms with Crippen LogP contribution in [0, 0.1) is 20.8 Å². The summed E-state index contributed by atoms with van der Waals surface area (Å²) >= 11 is 0. The van der Waals surface area contributed by atoms with Crippen LogP contribution < -0.4 is 36.6 Å². The Morgan fingerprint density at radius 3 is 0.912 bits per heavy atom. The molecule has 0 bridgehead atoms. The Balaban J connectivity index is 1.32. The molecule has 2 aliphatic rings. The second-order valence-electron chi connectivity index (χ2n) is 21.2. The van der Waals surface area contributed by atoms with Gasteiger partial charge in [0, 0.05) is 45.0 Å². The topological polar surface area (TPSA) is 6.48 Å². The predicted octanol–water partition coefficient (Wildman–Crippen LogP) is 14.5. The molecule has 2 aliphatic heterocycles. The fourth-order valence-corrected chi connectivity index (χ4v) is 13.2. The maximum Gasteiger partial charge on any atom is 0.252 e. The van der Waals surface area contributed by atoms with Crippen LogP contribution in [0.2, 0.25) is 39.3 Å². The van der Waals surface area contributed by atoms with Gasteiger partial charge in [0.05, 0.1) is 27.5 Å². The van der Waals surface area contributed by atoms with E-state index in [4.69, 9.17) is 0 Å². The van der Waals surface area contributed by atoms with Gasteiger partial charge in [0.1, 0.15) is 0 Å². The Morgan fingerprint density at radius 1 is 0.324 bits per heavy atom. The first-order valence-electron chi connectivity index (χ1n) is 24.3. The van der Waals surface area contributed by atoms with Crippen molar-refractivity contribution in [2.75, 3.05) is 9.80 Å². The van der Waals surface area contributed by atoms with Gasteiger partial charge >= 0.3 is 0 Å². The van der Waals surface area contributed by atoms with Crippen LogP contribution in [0.5, 0.6) is 0 Å². The minimum atomic E-state index is -1.79. The highest BCUT2D eigenvalue weighted by Gasteiger charge is 2.46. The van der Waals surface area contributed by atoms with Crippen molar-refractivity contribution in [1.82, 2.24) is 0 Å². The van der Waals surface area contributed by atoms with Crippen LogP contribution in [0.3, 0.4) is 0 Å². The van der Waals surface area contributed by atoms with Crippen LogP contribution in [-0.4, -0.2) is 22.9 Å². The van der Waals surface area contributed by atoms with E-state index >= 15 is 0 Å². The molecule has 2 heterocycles. The molecule has 68 heavy (non-hydrogen) atoms. The van der Waals surface area contributed by atoms with Crippen molar-refractivity contribution in [2.45, 2.75) is 60.1 Å². The van der Waals surface area contributed by atoms with Crippen molar-refractivity contribution >= 4 is 83.7 Å². The van der Waals surface area contributed by atoms with E-state index in [1.54, 1.807) is 0 Å². The van der Waals surface area contributed by atoms with Gasteiger partial charge in [-0.3, -0.25) is 0 Å². The highest BCUT2D eigenvalue weighted by atomic mass is 28.3. The third kappa shape index (κ3) is 7.49. The van der Waals surface area contributed by atoms with Crippen LogP contribution in [0.1, 0.15) is 16.7 Å². The van der Waals surface area contributed by atoms with E-state index in [1.807, 2.05) is 0 Å². The van der Waals surface area contributed by atoms with E-state index in [-0.39, 0.29) is 6.71 Å². The monoisotopic (exact) mass is 910 g/mol. The lowest BCUT2D eigenvalue weighted by molar-refractivity contribution is 1.24. The average molecular weight is 911 g/mol. The molecule has 0 unspecified atom stereocenters. The molecule has 0 aromatic heterocycles. The standard InChI is InChI=1S/C63H59BN2Si2/c1-42-34-51(45-22-14-10-15-23-45)62(52(35-42)46-24-16-11-17-25-46)65-57-40-49(67(4,5)6)30-32-55(57)64-56-33-31-50(68(7,8)9)41-58(56)66(60-39-44(3)38-59(65)61(60)64)63-53(47-26-18-12-19-27-47)36-43(2)37-54(63)48-28-20-13-21-29-48/h10-41H,1-9H3. The van der Waals surface area contributed by atoms with Gasteiger partial charge in [-0.25, -0.2) is 0 Å². The highest BCUT2D eigenvalue weighted by molar-refractivity contribution is 7.01. The van der Waals surface area contributed by atoms with Crippen molar-refractivity contribution in [3.8, 4) is 44.5 Å². The second-order valence-corrected chi connectivity index (χ2v) is 31.4. The third-order valence-electron chi connectivity index (χ3n) is 14.2. The molecular formula is C63H59BN2Si2. The van der Waals surface area contributed by atoms with E-state index in [0.29, 0.717) is 0 Å². The first kappa shape index (κ1) is 43.6. The molecule has 0 fully saturated rings. The Bertz CT molecular complexity index is 3050. The zero-order chi connectivity index (χ0) is 47.1. The summed E-state index contributed by atoms with van der Waals surface area (Å²) in [4.78, 5) is 5.38. The van der Waals surface area contributed by atoms with Crippen LogP contribution in [-0.2, 0) is 0 Å². The number of nitrogens with zero attached hydrogens (tertiary/aromatic N) is 2. The second kappa shape index (κ2) is 16.7. The lowest BCUT2D eigenvalue weighted by Crippen LogP contribution is -2.62. The van der Waals surface area contributed by atoms with Crippen LogP contribution in [0.15, 0.2) is 194 Å². The molecule has 0 N–H and O–H groups in total. The minimum absolute atomic E-state index is 0.000989. The van der Waals surface area contributed by atoms with E-state index in [9.17, 15) is 0 Å². The zero-order valence-corrected chi connectivity index (χ0v) is 42.9. The van der Waals surface area contributed by atoms with E-state index in [1.165, 1.54) is 122 Å². The van der Waals surface area contributed by atoms with Gasteiger partial charge in [0.15, 0.2) is 0 Å². The molecule has 0 aliphatic carbocycles. The molecule has 0 amide bonds. The fraction of sp³-hybridized carbons (Fsp3) is 0.143. The molecule has 332 valence electrons. The van der Waals surface area contributed by atoms with E-state index in [2.05, 4.69) is 264 Å². The Morgan fingerprint density at radius 2 is 0.618 bits per heavy atom. The summed E-state index contributed by atoms with van der Waals surface area (Å²) in [5, 5.41) is 2.91. The van der Waals surface area contributed by atoms with E-state index in [0.717, 1.165) is 0 Å². The molecule has 0 atom stereocenters. The van der Waals surface area contributed by atoms with Gasteiger partial charge in [0.25, 0.3) is 6.71 Å². The Hall–Kier alpha value is -6.92. The van der Waals surface area contributed by atoms with Crippen molar-refractivity contribution in [1.29, 1.82) is 0 Å². The summed E-state index contributed by atoms with van der Waals surface area (Å²) in [6.45, 7) is 21.7. The van der Waals surface area contributed by atoms with Gasteiger partial charge in [-0.2, -0.15) is 0 Å². The maximum absolute atomic E-state index is 2.69. The molecule has 0 saturated carbocycles. The number of hydrogen-bond donors (Lipinski definition) is 0. The number of fused-ring (bicyclic) bond motifs is 4. The minimum Gasteiger partial charge on any atom is -0.310 e. The summed E-state index contributed by atoms with van der Waals surface area (Å²) in [6, 6.07) is 74.0. The molecule has 5 heteroatoms. The molecule has 0 saturated heterocycles. The van der Waals surface area contributed by atoms with Crippen LogP contribution >= 0.6 is 0 Å². The summed E-state index contributed by atoms with van der Waals surface area (Å²) in [6.07, 6.45) is 0. The number of rotatable bonds is 8. The van der Waals surface area contributed by atoms with Gasteiger partial charge < -0.3 is 9.80 Å². The molecule has 11 rings (SSSR count). The largest absolute Gasteiger partial charge is 0.310 e. The van der Waals surface area contributed by atoms with Gasteiger partial charge in [-0.05, 0) is 125 Å². The highest BCUT2D eigenvalue weighted by Crippen LogP contribution is 2.53. The normalized spacial score (nSPS) is 13.0. The third-order valence-corrected chi connectivity index (χ3v) is 18.3. The number of anilines is 6. The van der Waals surface area contributed by atoms with Gasteiger partial charge in [0.2, 0.25) is 0 Å². The van der Waals surface area contributed by atoms with Crippen molar-refractivity contribution in [3.05, 3.63) is 211 Å². The maximum atomic E-state index is 2.69. The fourth-order valence-electron chi connectivity index (χ4n) is 10.9. The first-order valence-corrected chi connectivity index (χ1v) is 31.3. The average Bonchev–Trinajstić information content (AvgIpc) is 3.34. The SMILES string of the molecule is Cc1cc(-c2ccccc2)c(N2c3cc([Si](C)(C)C)ccc3B3c4ccc([Si](C)(C)C)cc4N(c4c(-c5ccccc5)cc(C)cc4-c4ccccc4)c4cc(C)cc2c43)c(-c2ccccc2)c1. The smallest absolute Gasteiger partial charge is 0.252 e. The van der Waals surface area contributed by atoms with Crippen molar-refractivity contribution in [3.63, 3.8) is 0 Å². The number of aryl methyl sites for hydroxylation is 3. The summed E-state index contributed by atoms with van der Waals surface area (Å²) in [5.41, 5.74) is 24.9. The van der Waals surface area contributed by atoms with Gasteiger partial charge in [-0.1, -0.05) is 195 Å². The van der Waals surface area contributed by atoms with Crippen LogP contribution in [0.25, 0.3) is 44.5 Å². The molecule has 0 spiro atoms. The summed E-state index contributed by atoms with van der Waals surface area (Å²) < 4.78 is 0. The van der Waals surface area contributed by atoms with E-state index < -0.39 is 16.1 Å². The van der Waals surface area contributed by atoms with Crippen LogP contribution in [0.4, 0.5) is 34.1 Å². The lowest BCUT2D eigenvalue weighted by atomic mass is 9.33. The molecule has 9 aromatic carbocycles. The Kier molecular flexibility index (Phi) is 10.7. The molecule has 9 aromatic rings. The molecule has 2 nitrogen and oxygen atoms in total. The summed E-state index contributed by atoms with van der Waals surface area (Å²) in [5.74, 6) is 0. The lowest BCUT2D eigenvalue weighted by Gasteiger charge is -2.46. The number of hydrogen-bond acceptors (Lipinski definition) is 2. The molecule has 0 radical (unpaired) electrons.